The van der Waals surface area contributed by atoms with Gasteiger partial charge >= 0.3 is 0 Å². The zero-order valence-electron chi connectivity index (χ0n) is 12.1. The molecule has 0 aliphatic carbocycles. The number of amides is 1. The number of benzene rings is 1. The van der Waals surface area contributed by atoms with Crippen LogP contribution in [0.15, 0.2) is 18.2 Å². The van der Waals surface area contributed by atoms with E-state index in [1.807, 2.05) is 30.9 Å². The molecule has 2 unspecified atom stereocenters. The third-order valence-electron chi connectivity index (χ3n) is 3.52. The molecule has 1 aromatic rings. The first-order valence-electron chi connectivity index (χ1n) is 6.93. The van der Waals surface area contributed by atoms with E-state index < -0.39 is 6.10 Å². The molecule has 0 aromatic heterocycles. The maximum absolute atomic E-state index is 12.4. The number of nitrogens with one attached hydrogen (secondary N) is 1. The Balaban J connectivity index is 2.05. The SMILES string of the molecule is Cc1ccc(Cl)c(OC(C)C(=O)N2CCNCC2C)c1. The van der Waals surface area contributed by atoms with Crippen LogP contribution in [0.3, 0.4) is 0 Å². The van der Waals surface area contributed by atoms with Gasteiger partial charge in [0.2, 0.25) is 0 Å². The van der Waals surface area contributed by atoms with Crippen LogP contribution in [-0.2, 0) is 4.79 Å². The highest BCUT2D eigenvalue weighted by molar-refractivity contribution is 6.32. The molecule has 1 aromatic carbocycles. The summed E-state index contributed by atoms with van der Waals surface area (Å²) in [5.74, 6) is 0.576. The smallest absolute Gasteiger partial charge is 0.263 e. The first-order valence-corrected chi connectivity index (χ1v) is 7.31. The van der Waals surface area contributed by atoms with Gasteiger partial charge in [-0.3, -0.25) is 4.79 Å². The Labute approximate surface area is 125 Å². The van der Waals surface area contributed by atoms with Gasteiger partial charge in [0.15, 0.2) is 6.10 Å². The Hall–Kier alpha value is -1.26. The summed E-state index contributed by atoms with van der Waals surface area (Å²) in [6, 6.07) is 5.75. The van der Waals surface area contributed by atoms with Crippen LogP contribution in [0.5, 0.6) is 5.75 Å². The van der Waals surface area contributed by atoms with Gasteiger partial charge in [0.1, 0.15) is 5.75 Å². The van der Waals surface area contributed by atoms with E-state index in [1.54, 1.807) is 13.0 Å². The van der Waals surface area contributed by atoms with Crippen LogP contribution >= 0.6 is 11.6 Å². The number of ether oxygens (including phenoxy) is 1. The molecule has 1 aliphatic rings. The first kappa shape index (κ1) is 15.1. The van der Waals surface area contributed by atoms with E-state index in [-0.39, 0.29) is 11.9 Å². The maximum Gasteiger partial charge on any atom is 0.263 e. The molecule has 5 heteroatoms. The van der Waals surface area contributed by atoms with Crippen molar-refractivity contribution < 1.29 is 9.53 Å². The number of piperazine rings is 1. The molecule has 4 nitrogen and oxygen atoms in total. The molecule has 1 N–H and O–H groups in total. The van der Waals surface area contributed by atoms with E-state index in [1.165, 1.54) is 0 Å². The topological polar surface area (TPSA) is 41.6 Å². The van der Waals surface area contributed by atoms with Crippen molar-refractivity contribution in [2.24, 2.45) is 0 Å². The number of carbonyl (C=O) groups is 1. The first-order chi connectivity index (χ1) is 9.49. The van der Waals surface area contributed by atoms with E-state index in [0.717, 1.165) is 25.2 Å². The molecule has 0 spiro atoms. The van der Waals surface area contributed by atoms with Crippen LogP contribution in [0.4, 0.5) is 0 Å². The minimum Gasteiger partial charge on any atom is -0.479 e. The van der Waals surface area contributed by atoms with Crippen molar-refractivity contribution in [2.45, 2.75) is 32.9 Å². The quantitative estimate of drug-likeness (QED) is 0.930. The second kappa shape index (κ2) is 6.46. The monoisotopic (exact) mass is 296 g/mol. The molecule has 1 heterocycles. The largest absolute Gasteiger partial charge is 0.479 e. The molecule has 2 atom stereocenters. The molecule has 20 heavy (non-hydrogen) atoms. The maximum atomic E-state index is 12.4. The molecule has 110 valence electrons. The highest BCUT2D eigenvalue weighted by Crippen LogP contribution is 2.26. The fourth-order valence-corrected chi connectivity index (χ4v) is 2.51. The Bertz CT molecular complexity index is 493. The van der Waals surface area contributed by atoms with Crippen LogP contribution in [0.1, 0.15) is 19.4 Å². The molecule has 0 bridgehead atoms. The lowest BCUT2D eigenvalue weighted by atomic mass is 10.2. The van der Waals surface area contributed by atoms with Gasteiger partial charge in [-0.2, -0.15) is 0 Å². The predicted molar refractivity (Wildman–Crippen MR) is 80.3 cm³/mol. The van der Waals surface area contributed by atoms with Crippen molar-refractivity contribution in [1.82, 2.24) is 10.2 Å². The van der Waals surface area contributed by atoms with Gasteiger partial charge in [0.05, 0.1) is 5.02 Å². The summed E-state index contributed by atoms with van der Waals surface area (Å²) in [5, 5.41) is 3.80. The van der Waals surface area contributed by atoms with E-state index in [4.69, 9.17) is 16.3 Å². The molecular weight excluding hydrogens is 276 g/mol. The van der Waals surface area contributed by atoms with Crippen LogP contribution in [0, 0.1) is 6.92 Å². The van der Waals surface area contributed by atoms with Crippen molar-refractivity contribution in [2.75, 3.05) is 19.6 Å². The van der Waals surface area contributed by atoms with Crippen molar-refractivity contribution >= 4 is 17.5 Å². The van der Waals surface area contributed by atoms with Gasteiger partial charge in [-0.1, -0.05) is 17.7 Å². The van der Waals surface area contributed by atoms with Crippen LogP contribution < -0.4 is 10.1 Å². The van der Waals surface area contributed by atoms with Crippen LogP contribution in [-0.4, -0.2) is 42.6 Å². The lowest BCUT2D eigenvalue weighted by Crippen LogP contribution is -2.55. The second-order valence-electron chi connectivity index (χ2n) is 5.28. The number of halogens is 1. The Morgan fingerprint density at radius 3 is 3.00 bits per heavy atom. The van der Waals surface area contributed by atoms with Crippen molar-refractivity contribution in [1.29, 1.82) is 0 Å². The van der Waals surface area contributed by atoms with Crippen molar-refractivity contribution in [3.63, 3.8) is 0 Å². The van der Waals surface area contributed by atoms with Crippen LogP contribution in [0.2, 0.25) is 5.02 Å². The molecule has 0 saturated carbocycles. The molecule has 2 rings (SSSR count). The third kappa shape index (κ3) is 3.44. The molecule has 1 amide bonds. The van der Waals surface area contributed by atoms with E-state index in [2.05, 4.69) is 5.32 Å². The number of nitrogens with zero attached hydrogens (tertiary/aromatic N) is 1. The van der Waals surface area contributed by atoms with E-state index in [0.29, 0.717) is 10.8 Å². The van der Waals surface area contributed by atoms with Crippen molar-refractivity contribution in [3.05, 3.63) is 28.8 Å². The van der Waals surface area contributed by atoms with Gasteiger partial charge in [0, 0.05) is 25.7 Å². The molecule has 0 radical (unpaired) electrons. The summed E-state index contributed by atoms with van der Waals surface area (Å²) in [6.45, 7) is 8.15. The van der Waals surface area contributed by atoms with Gasteiger partial charge in [-0.25, -0.2) is 0 Å². The fraction of sp³-hybridized carbons (Fsp3) is 0.533. The number of carbonyl (C=O) groups excluding carboxylic acids is 1. The summed E-state index contributed by atoms with van der Waals surface area (Å²) in [6.07, 6.45) is -0.533. The fourth-order valence-electron chi connectivity index (χ4n) is 2.34. The molecule has 1 fully saturated rings. The summed E-state index contributed by atoms with van der Waals surface area (Å²) in [7, 11) is 0. The number of hydrogen-bond donors (Lipinski definition) is 1. The number of aryl methyl sites for hydroxylation is 1. The van der Waals surface area contributed by atoms with E-state index >= 15 is 0 Å². The predicted octanol–water partition coefficient (Wildman–Crippen LogP) is 2.24. The number of rotatable bonds is 3. The minimum atomic E-state index is -0.533. The summed E-state index contributed by atoms with van der Waals surface area (Å²) in [5.41, 5.74) is 1.06. The lowest BCUT2D eigenvalue weighted by molar-refractivity contribution is -0.140. The van der Waals surface area contributed by atoms with Gasteiger partial charge in [0.25, 0.3) is 5.91 Å². The third-order valence-corrected chi connectivity index (χ3v) is 3.83. The Morgan fingerprint density at radius 2 is 2.30 bits per heavy atom. The summed E-state index contributed by atoms with van der Waals surface area (Å²) >= 11 is 6.10. The zero-order valence-corrected chi connectivity index (χ0v) is 12.9. The van der Waals surface area contributed by atoms with Crippen LogP contribution in [0.25, 0.3) is 0 Å². The average Bonchev–Trinajstić information content (AvgIpc) is 2.42. The zero-order chi connectivity index (χ0) is 14.7. The standard InChI is InChI=1S/C15H21ClN2O2/c1-10-4-5-13(16)14(8-10)20-12(3)15(19)18-7-6-17-9-11(18)2/h4-5,8,11-12,17H,6-7,9H2,1-3H3. The lowest BCUT2D eigenvalue weighted by Gasteiger charge is -2.35. The highest BCUT2D eigenvalue weighted by Gasteiger charge is 2.28. The minimum absolute atomic E-state index is 0.0107. The van der Waals surface area contributed by atoms with Crippen molar-refractivity contribution in [3.8, 4) is 5.75 Å². The van der Waals surface area contributed by atoms with Gasteiger partial charge in [-0.05, 0) is 38.5 Å². The highest BCUT2D eigenvalue weighted by atomic mass is 35.5. The summed E-state index contributed by atoms with van der Waals surface area (Å²) < 4.78 is 5.75. The molecule has 1 aliphatic heterocycles. The van der Waals surface area contributed by atoms with Gasteiger partial charge < -0.3 is 15.0 Å². The number of hydrogen-bond acceptors (Lipinski definition) is 3. The molecular formula is C15H21ClN2O2. The second-order valence-corrected chi connectivity index (χ2v) is 5.69. The molecule has 1 saturated heterocycles. The summed E-state index contributed by atoms with van der Waals surface area (Å²) in [4.78, 5) is 14.3. The van der Waals surface area contributed by atoms with E-state index in [9.17, 15) is 4.79 Å². The Morgan fingerprint density at radius 1 is 1.55 bits per heavy atom. The Kier molecular flexibility index (Phi) is 4.89. The normalized spacial score (nSPS) is 20.6. The average molecular weight is 297 g/mol. The van der Waals surface area contributed by atoms with Gasteiger partial charge in [-0.15, -0.1) is 0 Å².